The maximum Gasteiger partial charge on any atom is 0.123 e. The Labute approximate surface area is 94.7 Å². The first kappa shape index (κ1) is 10.7. The summed E-state index contributed by atoms with van der Waals surface area (Å²) in [5, 5.41) is 0. The summed E-state index contributed by atoms with van der Waals surface area (Å²) >= 11 is 0. The number of anilines is 1. The van der Waals surface area contributed by atoms with E-state index in [9.17, 15) is 4.39 Å². The van der Waals surface area contributed by atoms with Crippen molar-refractivity contribution < 1.29 is 4.39 Å². The van der Waals surface area contributed by atoms with Crippen LogP contribution in [0.2, 0.25) is 0 Å². The Hall–Kier alpha value is -1.83. The van der Waals surface area contributed by atoms with E-state index < -0.39 is 0 Å². The average molecular weight is 215 g/mol. The second-order valence-corrected chi connectivity index (χ2v) is 3.95. The Morgan fingerprint density at radius 3 is 2.44 bits per heavy atom. The van der Waals surface area contributed by atoms with Gasteiger partial charge in [0.2, 0.25) is 0 Å². The number of para-hydroxylation sites is 1. The highest BCUT2D eigenvalue weighted by molar-refractivity contribution is 5.54. The molecular formula is C14H14FN. The van der Waals surface area contributed by atoms with E-state index in [1.54, 1.807) is 12.1 Å². The summed E-state index contributed by atoms with van der Waals surface area (Å²) in [7, 11) is 0. The van der Waals surface area contributed by atoms with Crippen LogP contribution < -0.4 is 5.73 Å². The summed E-state index contributed by atoms with van der Waals surface area (Å²) in [5.41, 5.74) is 10.1. The maximum atomic E-state index is 12.7. The van der Waals surface area contributed by atoms with E-state index in [0.29, 0.717) is 0 Å². The topological polar surface area (TPSA) is 26.0 Å². The van der Waals surface area contributed by atoms with Gasteiger partial charge < -0.3 is 5.73 Å². The summed E-state index contributed by atoms with van der Waals surface area (Å²) in [6.07, 6.45) is 0.744. The number of hydrogen-bond acceptors (Lipinski definition) is 1. The van der Waals surface area contributed by atoms with Gasteiger partial charge in [-0.15, -0.1) is 0 Å². The fourth-order valence-corrected chi connectivity index (χ4v) is 1.72. The highest BCUT2D eigenvalue weighted by Gasteiger charge is 2.02. The Morgan fingerprint density at radius 1 is 1.06 bits per heavy atom. The van der Waals surface area contributed by atoms with Crippen molar-refractivity contribution in [3.05, 3.63) is 65.0 Å². The molecule has 2 heteroatoms. The number of nitrogens with two attached hydrogens (primary N) is 1. The predicted molar refractivity (Wildman–Crippen MR) is 64.8 cm³/mol. The summed E-state index contributed by atoms with van der Waals surface area (Å²) in [6.45, 7) is 1.99. The zero-order valence-electron chi connectivity index (χ0n) is 9.20. The number of aryl methyl sites for hydroxylation is 1. The van der Waals surface area contributed by atoms with Gasteiger partial charge in [-0.1, -0.05) is 30.3 Å². The first-order valence-corrected chi connectivity index (χ1v) is 5.25. The van der Waals surface area contributed by atoms with E-state index in [0.717, 1.165) is 28.8 Å². The van der Waals surface area contributed by atoms with Gasteiger partial charge in [0, 0.05) is 5.69 Å². The third-order valence-electron chi connectivity index (χ3n) is 2.72. The molecule has 0 saturated heterocycles. The van der Waals surface area contributed by atoms with Crippen LogP contribution in [0.15, 0.2) is 42.5 Å². The maximum absolute atomic E-state index is 12.7. The molecule has 1 nitrogen and oxygen atoms in total. The molecule has 0 aliphatic rings. The molecule has 16 heavy (non-hydrogen) atoms. The number of hydrogen-bond donors (Lipinski definition) is 1. The van der Waals surface area contributed by atoms with E-state index in [1.165, 1.54) is 12.1 Å². The lowest BCUT2D eigenvalue weighted by atomic mass is 10.0. The van der Waals surface area contributed by atoms with Gasteiger partial charge in [-0.25, -0.2) is 4.39 Å². The highest BCUT2D eigenvalue weighted by atomic mass is 19.1. The van der Waals surface area contributed by atoms with E-state index in [4.69, 9.17) is 5.73 Å². The average Bonchev–Trinajstić information content (AvgIpc) is 2.28. The zero-order valence-corrected chi connectivity index (χ0v) is 9.20. The number of halogens is 1. The van der Waals surface area contributed by atoms with Crippen LogP contribution in [-0.2, 0) is 6.42 Å². The molecule has 0 atom stereocenters. The molecule has 0 unspecified atom stereocenters. The van der Waals surface area contributed by atoms with Gasteiger partial charge >= 0.3 is 0 Å². The Kier molecular flexibility index (Phi) is 2.91. The zero-order chi connectivity index (χ0) is 11.5. The molecular weight excluding hydrogens is 201 g/mol. The van der Waals surface area contributed by atoms with Gasteiger partial charge in [0.1, 0.15) is 5.82 Å². The van der Waals surface area contributed by atoms with E-state index in [-0.39, 0.29) is 5.82 Å². The first-order valence-electron chi connectivity index (χ1n) is 5.25. The van der Waals surface area contributed by atoms with Crippen molar-refractivity contribution in [3.63, 3.8) is 0 Å². The normalized spacial score (nSPS) is 10.4. The smallest absolute Gasteiger partial charge is 0.123 e. The van der Waals surface area contributed by atoms with Crippen LogP contribution in [0.5, 0.6) is 0 Å². The lowest BCUT2D eigenvalue weighted by Crippen LogP contribution is -1.98. The lowest BCUT2D eigenvalue weighted by molar-refractivity contribution is 0.627. The molecule has 0 spiro atoms. The van der Waals surface area contributed by atoms with Gasteiger partial charge in [-0.05, 0) is 42.2 Å². The fourth-order valence-electron chi connectivity index (χ4n) is 1.72. The minimum Gasteiger partial charge on any atom is -0.398 e. The third-order valence-corrected chi connectivity index (χ3v) is 2.72. The summed E-state index contributed by atoms with van der Waals surface area (Å²) < 4.78 is 12.7. The Morgan fingerprint density at radius 2 is 1.75 bits per heavy atom. The van der Waals surface area contributed by atoms with Crippen LogP contribution in [-0.4, -0.2) is 0 Å². The van der Waals surface area contributed by atoms with Gasteiger partial charge in [-0.2, -0.15) is 0 Å². The summed E-state index contributed by atoms with van der Waals surface area (Å²) in [4.78, 5) is 0. The molecule has 0 saturated carbocycles. The van der Waals surface area contributed by atoms with Crippen LogP contribution in [0.3, 0.4) is 0 Å². The molecule has 0 aromatic heterocycles. The SMILES string of the molecule is Cc1cccc(Cc2ccc(F)cc2)c1N. The van der Waals surface area contributed by atoms with Crippen molar-refractivity contribution >= 4 is 5.69 Å². The Balaban J connectivity index is 2.27. The van der Waals surface area contributed by atoms with Crippen molar-refractivity contribution in [1.82, 2.24) is 0 Å². The van der Waals surface area contributed by atoms with Gasteiger partial charge in [0.05, 0.1) is 0 Å². The molecule has 2 aromatic rings. The summed E-state index contributed by atoms with van der Waals surface area (Å²) in [5.74, 6) is -0.207. The third kappa shape index (κ3) is 2.22. The largest absolute Gasteiger partial charge is 0.398 e. The molecule has 82 valence electrons. The van der Waals surface area contributed by atoms with Crippen LogP contribution in [0.1, 0.15) is 16.7 Å². The van der Waals surface area contributed by atoms with Crippen molar-refractivity contribution in [2.75, 3.05) is 5.73 Å². The van der Waals surface area contributed by atoms with E-state index in [1.807, 2.05) is 25.1 Å². The number of nitrogen functional groups attached to an aromatic ring is 1. The standard InChI is InChI=1S/C14H14FN/c1-10-3-2-4-12(14(10)16)9-11-5-7-13(15)8-6-11/h2-8H,9,16H2,1H3. The molecule has 2 N–H and O–H groups in total. The minimum absolute atomic E-state index is 0.207. The van der Waals surface area contributed by atoms with Crippen molar-refractivity contribution in [3.8, 4) is 0 Å². The molecule has 0 aliphatic heterocycles. The van der Waals surface area contributed by atoms with Crippen molar-refractivity contribution in [1.29, 1.82) is 0 Å². The fraction of sp³-hybridized carbons (Fsp3) is 0.143. The van der Waals surface area contributed by atoms with Crippen LogP contribution in [0.4, 0.5) is 10.1 Å². The van der Waals surface area contributed by atoms with Crippen molar-refractivity contribution in [2.45, 2.75) is 13.3 Å². The van der Waals surface area contributed by atoms with E-state index >= 15 is 0 Å². The molecule has 0 heterocycles. The molecule has 0 aliphatic carbocycles. The minimum atomic E-state index is -0.207. The molecule has 0 fully saturated rings. The molecule has 2 aromatic carbocycles. The second-order valence-electron chi connectivity index (χ2n) is 3.95. The second kappa shape index (κ2) is 4.35. The van der Waals surface area contributed by atoms with E-state index in [2.05, 4.69) is 0 Å². The van der Waals surface area contributed by atoms with Gasteiger partial charge in [0.15, 0.2) is 0 Å². The van der Waals surface area contributed by atoms with Crippen LogP contribution in [0, 0.1) is 12.7 Å². The molecule has 0 amide bonds. The van der Waals surface area contributed by atoms with Crippen LogP contribution >= 0.6 is 0 Å². The predicted octanol–water partition coefficient (Wildman–Crippen LogP) is 3.31. The van der Waals surface area contributed by atoms with Crippen molar-refractivity contribution in [2.24, 2.45) is 0 Å². The number of rotatable bonds is 2. The highest BCUT2D eigenvalue weighted by Crippen LogP contribution is 2.20. The molecule has 2 rings (SSSR count). The first-order chi connectivity index (χ1) is 7.66. The van der Waals surface area contributed by atoms with Gasteiger partial charge in [0.25, 0.3) is 0 Å². The van der Waals surface area contributed by atoms with Gasteiger partial charge in [-0.3, -0.25) is 0 Å². The molecule has 0 radical (unpaired) electrons. The van der Waals surface area contributed by atoms with Crippen LogP contribution in [0.25, 0.3) is 0 Å². The Bertz CT molecular complexity index is 489. The lowest BCUT2D eigenvalue weighted by Gasteiger charge is -2.08. The summed E-state index contributed by atoms with van der Waals surface area (Å²) in [6, 6.07) is 12.5. The molecule has 0 bridgehead atoms. The number of benzene rings is 2. The quantitative estimate of drug-likeness (QED) is 0.764. The monoisotopic (exact) mass is 215 g/mol.